The molecule has 1 atom stereocenters. The van der Waals surface area contributed by atoms with E-state index in [1.54, 1.807) is 31.3 Å². The van der Waals surface area contributed by atoms with E-state index >= 15 is 0 Å². The molecule has 2 fully saturated rings. The lowest BCUT2D eigenvalue weighted by atomic mass is 9.72. The standard InChI is InChI=1S/C21H26N4O5/c1-3-21(11-10-17(27)23-19(21)29)14-6-8-15(9-7-14)22-16(26)5-4-12-25-18(28)13-24(2)20(25)30/h6-9H,3-5,10-13H2,1-2H3,(H,22,26)(H,23,27,29). The van der Waals surface area contributed by atoms with E-state index in [0.717, 1.165) is 10.5 Å². The number of hydrogen-bond acceptors (Lipinski definition) is 5. The van der Waals surface area contributed by atoms with Crippen LogP contribution in [0.1, 0.15) is 44.6 Å². The van der Waals surface area contributed by atoms with Crippen LogP contribution in [0.3, 0.4) is 0 Å². The first-order valence-electron chi connectivity index (χ1n) is 10.1. The molecule has 6 amide bonds. The van der Waals surface area contributed by atoms with Crippen molar-refractivity contribution in [3.8, 4) is 0 Å². The van der Waals surface area contributed by atoms with Gasteiger partial charge in [-0.25, -0.2) is 4.79 Å². The number of nitrogens with zero attached hydrogens (tertiary/aromatic N) is 2. The smallest absolute Gasteiger partial charge is 0.326 e. The highest BCUT2D eigenvalue weighted by Crippen LogP contribution is 2.36. The van der Waals surface area contributed by atoms with Gasteiger partial charge in [0.1, 0.15) is 6.54 Å². The summed E-state index contributed by atoms with van der Waals surface area (Å²) in [5, 5.41) is 5.20. The number of benzene rings is 1. The molecular weight excluding hydrogens is 388 g/mol. The van der Waals surface area contributed by atoms with Crippen molar-refractivity contribution in [3.63, 3.8) is 0 Å². The Morgan fingerprint density at radius 2 is 1.87 bits per heavy atom. The van der Waals surface area contributed by atoms with Gasteiger partial charge in [-0.15, -0.1) is 0 Å². The minimum Gasteiger partial charge on any atom is -0.326 e. The molecule has 3 rings (SSSR count). The van der Waals surface area contributed by atoms with Crippen molar-refractivity contribution in [2.45, 2.75) is 44.4 Å². The summed E-state index contributed by atoms with van der Waals surface area (Å²) in [7, 11) is 1.56. The van der Waals surface area contributed by atoms with Gasteiger partial charge in [-0.05, 0) is 37.0 Å². The largest absolute Gasteiger partial charge is 0.326 e. The van der Waals surface area contributed by atoms with Crippen molar-refractivity contribution in [2.75, 3.05) is 25.5 Å². The number of piperidine rings is 1. The fourth-order valence-electron chi connectivity index (χ4n) is 3.95. The predicted octanol–water partition coefficient (Wildman–Crippen LogP) is 1.38. The molecule has 9 heteroatoms. The topological polar surface area (TPSA) is 116 Å². The van der Waals surface area contributed by atoms with Crippen LogP contribution >= 0.6 is 0 Å². The molecule has 0 aromatic heterocycles. The molecule has 0 bridgehead atoms. The van der Waals surface area contributed by atoms with Gasteiger partial charge in [-0.3, -0.25) is 29.4 Å². The van der Waals surface area contributed by atoms with Gasteiger partial charge in [0, 0.05) is 32.1 Å². The zero-order valence-corrected chi connectivity index (χ0v) is 17.2. The monoisotopic (exact) mass is 414 g/mol. The summed E-state index contributed by atoms with van der Waals surface area (Å²) >= 11 is 0. The molecule has 1 unspecified atom stereocenters. The van der Waals surface area contributed by atoms with Crippen LogP contribution in [0.5, 0.6) is 0 Å². The highest BCUT2D eigenvalue weighted by molar-refractivity contribution is 6.03. The lowest BCUT2D eigenvalue weighted by Gasteiger charge is -2.35. The predicted molar refractivity (Wildman–Crippen MR) is 108 cm³/mol. The first-order chi connectivity index (χ1) is 14.3. The first kappa shape index (κ1) is 21.5. The van der Waals surface area contributed by atoms with E-state index in [4.69, 9.17) is 0 Å². The quantitative estimate of drug-likeness (QED) is 0.517. The number of urea groups is 1. The second-order valence-electron chi connectivity index (χ2n) is 7.73. The molecule has 30 heavy (non-hydrogen) atoms. The van der Waals surface area contributed by atoms with Gasteiger partial charge < -0.3 is 10.2 Å². The summed E-state index contributed by atoms with van der Waals surface area (Å²) in [6.07, 6.45) is 1.88. The average molecular weight is 414 g/mol. The van der Waals surface area contributed by atoms with E-state index in [9.17, 15) is 24.0 Å². The van der Waals surface area contributed by atoms with E-state index in [1.165, 1.54) is 4.90 Å². The van der Waals surface area contributed by atoms with Crippen molar-refractivity contribution in [3.05, 3.63) is 29.8 Å². The summed E-state index contributed by atoms with van der Waals surface area (Å²) in [5.74, 6) is -1.01. The second kappa shape index (κ2) is 8.64. The number of carbonyl (C=O) groups excluding carboxylic acids is 5. The Kier molecular flexibility index (Phi) is 6.19. The number of imide groups is 2. The summed E-state index contributed by atoms with van der Waals surface area (Å²) in [6, 6.07) is 6.72. The van der Waals surface area contributed by atoms with Crippen LogP contribution in [0.15, 0.2) is 24.3 Å². The second-order valence-corrected chi connectivity index (χ2v) is 7.73. The molecule has 160 valence electrons. The number of hydrogen-bond donors (Lipinski definition) is 2. The van der Waals surface area contributed by atoms with Crippen molar-refractivity contribution in [2.24, 2.45) is 0 Å². The summed E-state index contributed by atoms with van der Waals surface area (Å²) in [4.78, 5) is 62.2. The number of anilines is 1. The third kappa shape index (κ3) is 4.19. The molecule has 2 saturated heterocycles. The van der Waals surface area contributed by atoms with Crippen LogP contribution in [0.25, 0.3) is 0 Å². The molecule has 2 heterocycles. The Morgan fingerprint density at radius 3 is 2.43 bits per heavy atom. The van der Waals surface area contributed by atoms with E-state index in [0.29, 0.717) is 31.4 Å². The van der Waals surface area contributed by atoms with Gasteiger partial charge in [0.25, 0.3) is 0 Å². The summed E-state index contributed by atoms with van der Waals surface area (Å²) in [6.45, 7) is 2.20. The zero-order valence-electron chi connectivity index (χ0n) is 17.2. The minimum atomic E-state index is -0.738. The molecule has 0 saturated carbocycles. The minimum absolute atomic E-state index is 0.0722. The Hall–Kier alpha value is -3.23. The van der Waals surface area contributed by atoms with Crippen molar-refractivity contribution in [1.82, 2.24) is 15.1 Å². The first-order valence-corrected chi connectivity index (χ1v) is 10.1. The van der Waals surface area contributed by atoms with Gasteiger partial charge in [-0.2, -0.15) is 0 Å². The Balaban J connectivity index is 1.54. The highest BCUT2D eigenvalue weighted by Gasteiger charge is 2.42. The van der Waals surface area contributed by atoms with Gasteiger partial charge in [0.15, 0.2) is 0 Å². The van der Waals surface area contributed by atoms with Gasteiger partial charge in [0.05, 0.1) is 5.41 Å². The van der Waals surface area contributed by atoms with Crippen LogP contribution in [0.4, 0.5) is 10.5 Å². The van der Waals surface area contributed by atoms with Gasteiger partial charge in [0.2, 0.25) is 23.6 Å². The molecule has 0 aliphatic carbocycles. The average Bonchev–Trinajstić information content (AvgIpc) is 2.95. The number of rotatable bonds is 7. The number of likely N-dealkylation sites (N-methyl/N-ethyl adjacent to an activating group) is 1. The Labute approximate surface area is 174 Å². The SMILES string of the molecule is CCC1(c2ccc(NC(=O)CCCN3C(=O)CN(C)C3=O)cc2)CCC(=O)NC1=O. The third-order valence-electron chi connectivity index (χ3n) is 5.81. The van der Waals surface area contributed by atoms with Crippen molar-refractivity contribution in [1.29, 1.82) is 0 Å². The highest BCUT2D eigenvalue weighted by atomic mass is 16.2. The van der Waals surface area contributed by atoms with Crippen LogP contribution in [0, 0.1) is 0 Å². The zero-order chi connectivity index (χ0) is 21.9. The molecular formula is C21H26N4O5. The maximum atomic E-state index is 12.5. The van der Waals surface area contributed by atoms with E-state index in [2.05, 4.69) is 10.6 Å². The Morgan fingerprint density at radius 1 is 1.17 bits per heavy atom. The maximum absolute atomic E-state index is 12.5. The molecule has 0 spiro atoms. The molecule has 1 aromatic carbocycles. The summed E-state index contributed by atoms with van der Waals surface area (Å²) < 4.78 is 0. The number of nitrogens with one attached hydrogen (secondary N) is 2. The maximum Gasteiger partial charge on any atom is 0.326 e. The third-order valence-corrected chi connectivity index (χ3v) is 5.81. The Bertz CT molecular complexity index is 882. The van der Waals surface area contributed by atoms with E-state index in [1.807, 2.05) is 6.92 Å². The molecule has 9 nitrogen and oxygen atoms in total. The lowest BCUT2D eigenvalue weighted by Crippen LogP contribution is -2.51. The van der Waals surface area contributed by atoms with Crippen LogP contribution < -0.4 is 10.6 Å². The molecule has 2 aliphatic heterocycles. The number of amides is 6. The molecule has 0 radical (unpaired) electrons. The fourth-order valence-corrected chi connectivity index (χ4v) is 3.95. The molecule has 2 aliphatic rings. The van der Waals surface area contributed by atoms with Gasteiger partial charge >= 0.3 is 6.03 Å². The molecule has 1 aromatic rings. The molecule has 2 N–H and O–H groups in total. The number of carbonyl (C=O) groups is 5. The van der Waals surface area contributed by atoms with Crippen LogP contribution in [0.2, 0.25) is 0 Å². The van der Waals surface area contributed by atoms with Crippen molar-refractivity contribution >= 4 is 35.3 Å². The normalized spacial score (nSPS) is 21.8. The van der Waals surface area contributed by atoms with Crippen molar-refractivity contribution < 1.29 is 24.0 Å². The lowest BCUT2D eigenvalue weighted by molar-refractivity contribution is -0.138. The van der Waals surface area contributed by atoms with E-state index in [-0.39, 0.29) is 49.2 Å². The van der Waals surface area contributed by atoms with E-state index < -0.39 is 5.41 Å². The van der Waals surface area contributed by atoms with Crippen LogP contribution in [-0.2, 0) is 24.6 Å². The summed E-state index contributed by atoms with van der Waals surface area (Å²) in [5.41, 5.74) is 0.664. The fraction of sp³-hybridized carbons (Fsp3) is 0.476. The van der Waals surface area contributed by atoms with Gasteiger partial charge in [-0.1, -0.05) is 19.1 Å². The van der Waals surface area contributed by atoms with Crippen LogP contribution in [-0.4, -0.2) is 59.6 Å².